The standard InChI is InChI=1S/C16H22N2O/c1-13(2)16(19)17-15-8-6-14(7-9-15)12-18-10-4-3-5-11-18/h6-9H,1,3-5,10-12H2,2H3,(H,17,19). The molecule has 1 amide bonds. The Bertz CT molecular complexity index is 444. The van der Waals surface area contributed by atoms with Crippen LogP contribution >= 0.6 is 0 Å². The van der Waals surface area contributed by atoms with Crippen LogP contribution in [-0.2, 0) is 11.3 Å². The monoisotopic (exact) mass is 258 g/mol. The Labute approximate surface area is 115 Å². The molecule has 1 aromatic rings. The summed E-state index contributed by atoms with van der Waals surface area (Å²) >= 11 is 0. The van der Waals surface area contributed by atoms with E-state index in [1.807, 2.05) is 12.1 Å². The summed E-state index contributed by atoms with van der Waals surface area (Å²) in [4.78, 5) is 14.0. The summed E-state index contributed by atoms with van der Waals surface area (Å²) in [5.41, 5.74) is 2.66. The molecule has 102 valence electrons. The zero-order valence-electron chi connectivity index (χ0n) is 11.6. The number of nitrogens with zero attached hydrogens (tertiary/aromatic N) is 1. The lowest BCUT2D eigenvalue weighted by atomic mass is 10.1. The lowest BCUT2D eigenvalue weighted by Crippen LogP contribution is -2.29. The van der Waals surface area contributed by atoms with E-state index in [0.717, 1.165) is 12.2 Å². The zero-order valence-corrected chi connectivity index (χ0v) is 11.6. The highest BCUT2D eigenvalue weighted by atomic mass is 16.1. The number of nitrogens with one attached hydrogen (secondary N) is 1. The first kappa shape index (κ1) is 13.8. The second kappa shape index (κ2) is 6.53. The molecule has 2 rings (SSSR count). The molecule has 0 aliphatic carbocycles. The molecule has 1 aromatic carbocycles. The molecule has 0 radical (unpaired) electrons. The van der Waals surface area contributed by atoms with Crippen molar-refractivity contribution in [1.29, 1.82) is 0 Å². The van der Waals surface area contributed by atoms with E-state index in [0.29, 0.717) is 5.57 Å². The van der Waals surface area contributed by atoms with Gasteiger partial charge in [0, 0.05) is 17.8 Å². The van der Waals surface area contributed by atoms with Gasteiger partial charge in [0.15, 0.2) is 0 Å². The van der Waals surface area contributed by atoms with E-state index in [1.54, 1.807) is 6.92 Å². The van der Waals surface area contributed by atoms with Gasteiger partial charge in [-0.2, -0.15) is 0 Å². The lowest BCUT2D eigenvalue weighted by molar-refractivity contribution is -0.112. The molecule has 1 heterocycles. The molecule has 0 atom stereocenters. The number of likely N-dealkylation sites (tertiary alicyclic amines) is 1. The van der Waals surface area contributed by atoms with Crippen LogP contribution in [0.2, 0.25) is 0 Å². The highest BCUT2D eigenvalue weighted by Gasteiger charge is 2.10. The fourth-order valence-corrected chi connectivity index (χ4v) is 2.31. The molecule has 3 heteroatoms. The predicted molar refractivity (Wildman–Crippen MR) is 79.0 cm³/mol. The van der Waals surface area contributed by atoms with Crippen LogP contribution in [-0.4, -0.2) is 23.9 Å². The number of amides is 1. The van der Waals surface area contributed by atoms with Crippen molar-refractivity contribution in [2.75, 3.05) is 18.4 Å². The maximum Gasteiger partial charge on any atom is 0.250 e. The third-order valence-corrected chi connectivity index (χ3v) is 3.45. The molecule has 19 heavy (non-hydrogen) atoms. The Balaban J connectivity index is 1.90. The Morgan fingerprint density at radius 3 is 2.42 bits per heavy atom. The molecule has 1 saturated heterocycles. The number of carbonyl (C=O) groups is 1. The number of hydrogen-bond donors (Lipinski definition) is 1. The molecular weight excluding hydrogens is 236 g/mol. The van der Waals surface area contributed by atoms with E-state index in [-0.39, 0.29) is 5.91 Å². The van der Waals surface area contributed by atoms with Crippen LogP contribution in [0.1, 0.15) is 31.7 Å². The van der Waals surface area contributed by atoms with Crippen LogP contribution in [0, 0.1) is 0 Å². The summed E-state index contributed by atoms with van der Waals surface area (Å²) in [6.45, 7) is 8.75. The van der Waals surface area contributed by atoms with Crippen molar-refractivity contribution in [3.63, 3.8) is 0 Å². The number of hydrogen-bond acceptors (Lipinski definition) is 2. The van der Waals surface area contributed by atoms with Gasteiger partial charge < -0.3 is 5.32 Å². The Hall–Kier alpha value is -1.61. The highest BCUT2D eigenvalue weighted by Crippen LogP contribution is 2.15. The van der Waals surface area contributed by atoms with Crippen molar-refractivity contribution in [2.45, 2.75) is 32.7 Å². The van der Waals surface area contributed by atoms with Gasteiger partial charge >= 0.3 is 0 Å². The molecule has 0 spiro atoms. The summed E-state index contributed by atoms with van der Waals surface area (Å²) in [7, 11) is 0. The predicted octanol–water partition coefficient (Wildman–Crippen LogP) is 3.19. The fourth-order valence-electron chi connectivity index (χ4n) is 2.31. The van der Waals surface area contributed by atoms with Crippen molar-refractivity contribution < 1.29 is 4.79 Å². The summed E-state index contributed by atoms with van der Waals surface area (Å²) in [6.07, 6.45) is 3.99. The minimum atomic E-state index is -0.121. The topological polar surface area (TPSA) is 32.3 Å². The summed E-state index contributed by atoms with van der Waals surface area (Å²) in [6, 6.07) is 8.09. The molecular formula is C16H22N2O. The average Bonchev–Trinajstić information content (AvgIpc) is 2.42. The Morgan fingerprint density at radius 1 is 1.21 bits per heavy atom. The van der Waals surface area contributed by atoms with Gasteiger partial charge in [-0.25, -0.2) is 0 Å². The number of anilines is 1. The zero-order chi connectivity index (χ0) is 13.7. The van der Waals surface area contributed by atoms with Crippen LogP contribution in [0.15, 0.2) is 36.4 Å². The van der Waals surface area contributed by atoms with Gasteiger partial charge in [-0.05, 0) is 50.6 Å². The van der Waals surface area contributed by atoms with Crippen molar-refractivity contribution in [3.8, 4) is 0 Å². The first-order valence-electron chi connectivity index (χ1n) is 6.93. The number of rotatable bonds is 4. The van der Waals surface area contributed by atoms with Crippen LogP contribution < -0.4 is 5.32 Å². The second-order valence-electron chi connectivity index (χ2n) is 5.27. The maximum absolute atomic E-state index is 11.5. The second-order valence-corrected chi connectivity index (χ2v) is 5.27. The van der Waals surface area contributed by atoms with Crippen molar-refractivity contribution in [3.05, 3.63) is 42.0 Å². The number of benzene rings is 1. The Morgan fingerprint density at radius 2 is 1.84 bits per heavy atom. The first-order valence-corrected chi connectivity index (χ1v) is 6.93. The minimum absolute atomic E-state index is 0.121. The molecule has 3 nitrogen and oxygen atoms in total. The van der Waals surface area contributed by atoms with Gasteiger partial charge in [-0.3, -0.25) is 9.69 Å². The van der Waals surface area contributed by atoms with Crippen LogP contribution in [0.25, 0.3) is 0 Å². The van der Waals surface area contributed by atoms with Gasteiger partial charge in [0.25, 0.3) is 5.91 Å². The molecule has 1 N–H and O–H groups in total. The fraction of sp³-hybridized carbons (Fsp3) is 0.438. The van der Waals surface area contributed by atoms with Crippen LogP contribution in [0.4, 0.5) is 5.69 Å². The first-order chi connectivity index (χ1) is 9.15. The summed E-state index contributed by atoms with van der Waals surface area (Å²) in [5.74, 6) is -0.121. The molecule has 0 unspecified atom stereocenters. The van der Waals surface area contributed by atoms with Crippen molar-refractivity contribution >= 4 is 11.6 Å². The summed E-state index contributed by atoms with van der Waals surface area (Å²) in [5, 5.41) is 2.82. The van der Waals surface area contributed by atoms with Gasteiger partial charge in [-0.1, -0.05) is 25.1 Å². The lowest BCUT2D eigenvalue weighted by Gasteiger charge is -2.26. The van der Waals surface area contributed by atoms with E-state index in [4.69, 9.17) is 0 Å². The smallest absolute Gasteiger partial charge is 0.250 e. The van der Waals surface area contributed by atoms with Gasteiger partial charge in [0.05, 0.1) is 0 Å². The molecule has 0 aromatic heterocycles. The quantitative estimate of drug-likeness (QED) is 0.841. The molecule has 1 aliphatic heterocycles. The van der Waals surface area contributed by atoms with Gasteiger partial charge in [0.1, 0.15) is 0 Å². The molecule has 1 aliphatic rings. The van der Waals surface area contributed by atoms with E-state index < -0.39 is 0 Å². The van der Waals surface area contributed by atoms with Crippen molar-refractivity contribution in [1.82, 2.24) is 4.90 Å². The van der Waals surface area contributed by atoms with E-state index in [9.17, 15) is 4.79 Å². The van der Waals surface area contributed by atoms with E-state index >= 15 is 0 Å². The third kappa shape index (κ3) is 4.21. The van der Waals surface area contributed by atoms with Crippen molar-refractivity contribution in [2.24, 2.45) is 0 Å². The molecule has 0 saturated carbocycles. The van der Waals surface area contributed by atoms with E-state index in [1.165, 1.54) is 37.9 Å². The third-order valence-electron chi connectivity index (χ3n) is 3.45. The number of piperidine rings is 1. The van der Waals surface area contributed by atoms with E-state index in [2.05, 4.69) is 28.9 Å². The maximum atomic E-state index is 11.5. The van der Waals surface area contributed by atoms with Crippen LogP contribution in [0.5, 0.6) is 0 Å². The normalized spacial score (nSPS) is 16.1. The SMILES string of the molecule is C=C(C)C(=O)Nc1ccc(CN2CCCCC2)cc1. The largest absolute Gasteiger partial charge is 0.322 e. The summed E-state index contributed by atoms with van der Waals surface area (Å²) < 4.78 is 0. The number of carbonyl (C=O) groups excluding carboxylic acids is 1. The van der Waals surface area contributed by atoms with Gasteiger partial charge in [0.2, 0.25) is 0 Å². The molecule has 1 fully saturated rings. The van der Waals surface area contributed by atoms with Crippen LogP contribution in [0.3, 0.4) is 0 Å². The highest BCUT2D eigenvalue weighted by molar-refractivity contribution is 6.02. The minimum Gasteiger partial charge on any atom is -0.322 e. The Kier molecular flexibility index (Phi) is 4.74. The van der Waals surface area contributed by atoms with Gasteiger partial charge in [-0.15, -0.1) is 0 Å². The average molecular weight is 258 g/mol. The molecule has 0 bridgehead atoms.